The Labute approximate surface area is 114 Å². The van der Waals surface area contributed by atoms with Gasteiger partial charge in [0.2, 0.25) is 0 Å². The third-order valence-corrected chi connectivity index (χ3v) is 3.65. The van der Waals surface area contributed by atoms with E-state index in [0.717, 1.165) is 36.0 Å². The van der Waals surface area contributed by atoms with Gasteiger partial charge in [0.25, 0.3) is 0 Å². The van der Waals surface area contributed by atoms with Gasteiger partial charge >= 0.3 is 0 Å². The molecule has 0 aliphatic carbocycles. The van der Waals surface area contributed by atoms with Gasteiger partial charge in [0.15, 0.2) is 0 Å². The van der Waals surface area contributed by atoms with Crippen LogP contribution in [-0.4, -0.2) is 38.2 Å². The molecular weight excluding hydrogens is 248 g/mol. The summed E-state index contributed by atoms with van der Waals surface area (Å²) in [5.74, 6) is 0.899. The highest BCUT2D eigenvalue weighted by Crippen LogP contribution is 2.26. The van der Waals surface area contributed by atoms with E-state index in [0.29, 0.717) is 0 Å². The first-order valence-electron chi connectivity index (χ1n) is 6.58. The lowest BCUT2D eigenvalue weighted by molar-refractivity contribution is 0.236. The average molecular weight is 269 g/mol. The van der Waals surface area contributed by atoms with Crippen LogP contribution in [0.25, 0.3) is 0 Å². The molecule has 0 saturated carbocycles. The lowest BCUT2D eigenvalue weighted by Gasteiger charge is -2.17. The standard InChI is InChI=1S/C14H21ClN2O/c1-16-11-12-13(15)5-4-6-14(12)18-10-9-17-7-2-3-8-17/h4-6,16H,2-3,7-11H2,1H3. The van der Waals surface area contributed by atoms with Crippen molar-refractivity contribution in [2.75, 3.05) is 33.3 Å². The molecule has 0 spiro atoms. The second kappa shape index (κ2) is 6.98. The van der Waals surface area contributed by atoms with Crippen molar-refractivity contribution in [3.8, 4) is 5.75 Å². The molecule has 1 heterocycles. The van der Waals surface area contributed by atoms with Crippen LogP contribution in [0.4, 0.5) is 0 Å². The van der Waals surface area contributed by atoms with E-state index in [1.165, 1.54) is 25.9 Å². The van der Waals surface area contributed by atoms with Gasteiger partial charge in [-0.25, -0.2) is 0 Å². The van der Waals surface area contributed by atoms with Crippen LogP contribution < -0.4 is 10.1 Å². The molecule has 0 radical (unpaired) electrons. The van der Waals surface area contributed by atoms with E-state index in [1.807, 2.05) is 25.2 Å². The smallest absolute Gasteiger partial charge is 0.125 e. The number of benzene rings is 1. The van der Waals surface area contributed by atoms with Gasteiger partial charge in [-0.2, -0.15) is 0 Å². The fourth-order valence-corrected chi connectivity index (χ4v) is 2.55. The highest BCUT2D eigenvalue weighted by atomic mass is 35.5. The molecule has 0 aromatic heterocycles. The highest BCUT2D eigenvalue weighted by molar-refractivity contribution is 6.31. The minimum absolute atomic E-state index is 0.733. The number of ether oxygens (including phenoxy) is 1. The van der Waals surface area contributed by atoms with Gasteiger partial charge < -0.3 is 10.1 Å². The summed E-state index contributed by atoms with van der Waals surface area (Å²) in [7, 11) is 1.91. The molecule has 18 heavy (non-hydrogen) atoms. The van der Waals surface area contributed by atoms with E-state index in [1.54, 1.807) is 0 Å². The molecule has 100 valence electrons. The normalized spacial score (nSPS) is 16.1. The van der Waals surface area contributed by atoms with Gasteiger partial charge in [0.1, 0.15) is 12.4 Å². The van der Waals surface area contributed by atoms with Crippen LogP contribution in [0.5, 0.6) is 5.75 Å². The topological polar surface area (TPSA) is 24.5 Å². The second-order valence-corrected chi connectivity index (χ2v) is 5.05. The van der Waals surface area contributed by atoms with E-state index >= 15 is 0 Å². The largest absolute Gasteiger partial charge is 0.492 e. The third-order valence-electron chi connectivity index (χ3n) is 3.29. The first kappa shape index (κ1) is 13.7. The number of nitrogens with zero attached hydrogens (tertiary/aromatic N) is 1. The molecule has 1 N–H and O–H groups in total. The molecule has 1 aromatic rings. The fraction of sp³-hybridized carbons (Fsp3) is 0.571. The predicted octanol–water partition coefficient (Wildman–Crippen LogP) is 2.53. The maximum absolute atomic E-state index is 6.18. The lowest BCUT2D eigenvalue weighted by atomic mass is 10.2. The average Bonchev–Trinajstić information content (AvgIpc) is 2.86. The van der Waals surface area contributed by atoms with Crippen LogP contribution in [0, 0.1) is 0 Å². The molecule has 4 heteroatoms. The van der Waals surface area contributed by atoms with Crippen molar-refractivity contribution >= 4 is 11.6 Å². The zero-order chi connectivity index (χ0) is 12.8. The van der Waals surface area contributed by atoms with Crippen molar-refractivity contribution < 1.29 is 4.74 Å². The van der Waals surface area contributed by atoms with Crippen LogP contribution in [0.15, 0.2) is 18.2 Å². The van der Waals surface area contributed by atoms with Gasteiger partial charge in [-0.1, -0.05) is 17.7 Å². The van der Waals surface area contributed by atoms with Gasteiger partial charge in [-0.15, -0.1) is 0 Å². The molecule has 1 fully saturated rings. The Morgan fingerprint density at radius 2 is 2.11 bits per heavy atom. The van der Waals surface area contributed by atoms with Crippen LogP contribution >= 0.6 is 11.6 Å². The first-order valence-corrected chi connectivity index (χ1v) is 6.96. The number of rotatable bonds is 6. The van der Waals surface area contributed by atoms with E-state index in [2.05, 4.69) is 10.2 Å². The number of nitrogens with one attached hydrogen (secondary N) is 1. The monoisotopic (exact) mass is 268 g/mol. The molecule has 1 saturated heterocycles. The summed E-state index contributed by atoms with van der Waals surface area (Å²) in [5, 5.41) is 3.89. The Bertz CT molecular complexity index is 378. The van der Waals surface area contributed by atoms with E-state index in [-0.39, 0.29) is 0 Å². The van der Waals surface area contributed by atoms with Crippen molar-refractivity contribution in [3.63, 3.8) is 0 Å². The number of hydrogen-bond donors (Lipinski definition) is 1. The van der Waals surface area contributed by atoms with Crippen LogP contribution in [0.2, 0.25) is 5.02 Å². The number of likely N-dealkylation sites (tertiary alicyclic amines) is 1. The Kier molecular flexibility index (Phi) is 5.29. The van der Waals surface area contributed by atoms with Gasteiger partial charge in [-0.05, 0) is 45.1 Å². The predicted molar refractivity (Wildman–Crippen MR) is 75.4 cm³/mol. The van der Waals surface area contributed by atoms with Gasteiger partial charge in [-0.3, -0.25) is 4.90 Å². The lowest BCUT2D eigenvalue weighted by Crippen LogP contribution is -2.25. The summed E-state index contributed by atoms with van der Waals surface area (Å²) in [6.07, 6.45) is 2.64. The second-order valence-electron chi connectivity index (χ2n) is 4.64. The van der Waals surface area contributed by atoms with E-state index < -0.39 is 0 Å². The van der Waals surface area contributed by atoms with Crippen molar-refractivity contribution in [1.29, 1.82) is 0 Å². The molecule has 0 bridgehead atoms. The van der Waals surface area contributed by atoms with E-state index in [9.17, 15) is 0 Å². The number of hydrogen-bond acceptors (Lipinski definition) is 3. The van der Waals surface area contributed by atoms with Crippen molar-refractivity contribution in [2.24, 2.45) is 0 Å². The van der Waals surface area contributed by atoms with Crippen molar-refractivity contribution in [2.45, 2.75) is 19.4 Å². The highest BCUT2D eigenvalue weighted by Gasteiger charge is 2.12. The van der Waals surface area contributed by atoms with E-state index in [4.69, 9.17) is 16.3 Å². The summed E-state index contributed by atoms with van der Waals surface area (Å²) >= 11 is 6.18. The van der Waals surface area contributed by atoms with Gasteiger partial charge in [0.05, 0.1) is 0 Å². The zero-order valence-corrected chi connectivity index (χ0v) is 11.7. The minimum Gasteiger partial charge on any atom is -0.492 e. The molecule has 0 amide bonds. The summed E-state index contributed by atoms with van der Waals surface area (Å²) in [5.41, 5.74) is 1.04. The Hall–Kier alpha value is -0.770. The fourth-order valence-electron chi connectivity index (χ4n) is 2.31. The molecule has 1 aromatic carbocycles. The maximum Gasteiger partial charge on any atom is 0.125 e. The molecule has 0 unspecified atom stereocenters. The van der Waals surface area contributed by atoms with Crippen LogP contribution in [0.3, 0.4) is 0 Å². The third kappa shape index (κ3) is 3.61. The molecule has 3 nitrogen and oxygen atoms in total. The van der Waals surface area contributed by atoms with Crippen LogP contribution in [-0.2, 0) is 6.54 Å². The zero-order valence-electron chi connectivity index (χ0n) is 10.9. The van der Waals surface area contributed by atoms with Crippen LogP contribution in [0.1, 0.15) is 18.4 Å². The maximum atomic E-state index is 6.18. The van der Waals surface area contributed by atoms with Crippen molar-refractivity contribution in [3.05, 3.63) is 28.8 Å². The summed E-state index contributed by atoms with van der Waals surface area (Å²) in [4.78, 5) is 2.45. The molecule has 0 atom stereocenters. The Morgan fingerprint density at radius 1 is 1.33 bits per heavy atom. The molecular formula is C14H21ClN2O. The van der Waals surface area contributed by atoms with Crippen molar-refractivity contribution in [1.82, 2.24) is 10.2 Å². The molecule has 2 rings (SSSR count). The summed E-state index contributed by atoms with van der Waals surface area (Å²) < 4.78 is 5.87. The SMILES string of the molecule is CNCc1c(Cl)cccc1OCCN1CCCC1. The molecule has 1 aliphatic heterocycles. The number of halogens is 1. The Balaban J connectivity index is 1.89. The first-order chi connectivity index (χ1) is 8.81. The minimum atomic E-state index is 0.733. The summed E-state index contributed by atoms with van der Waals surface area (Å²) in [6, 6.07) is 5.83. The molecule has 1 aliphatic rings. The Morgan fingerprint density at radius 3 is 2.83 bits per heavy atom. The quantitative estimate of drug-likeness (QED) is 0.858. The summed E-state index contributed by atoms with van der Waals surface area (Å²) in [6.45, 7) is 4.89. The van der Waals surface area contributed by atoms with Gasteiger partial charge in [0, 0.05) is 23.7 Å².